The highest BCUT2D eigenvalue weighted by atomic mass is 79.9. The van der Waals surface area contributed by atoms with Crippen LogP contribution in [-0.4, -0.2) is 11.0 Å². The smallest absolute Gasteiger partial charge is 0.281 e. The number of thiocarbonyl (C=S) groups is 1. The van der Waals surface area contributed by atoms with E-state index in [1.165, 1.54) is 17.0 Å². The largest absolute Gasteiger partial charge is 0.327 e. The highest BCUT2D eigenvalue weighted by Gasteiger charge is 2.32. The monoisotopic (exact) mass is 404 g/mol. The maximum absolute atomic E-state index is 13.9. The van der Waals surface area contributed by atoms with E-state index in [2.05, 4.69) is 21.2 Å². The molecule has 122 valence electrons. The highest BCUT2D eigenvalue weighted by Crippen LogP contribution is 2.26. The van der Waals surface area contributed by atoms with E-state index in [9.17, 15) is 9.18 Å². The third-order valence-electron chi connectivity index (χ3n) is 3.60. The third kappa shape index (κ3) is 3.25. The van der Waals surface area contributed by atoms with Crippen LogP contribution in [0.25, 0.3) is 6.08 Å². The molecule has 1 amide bonds. The molecule has 24 heavy (non-hydrogen) atoms. The summed E-state index contributed by atoms with van der Waals surface area (Å²) in [7, 11) is 0. The number of amides is 1. The molecule has 3 nitrogen and oxygen atoms in total. The molecule has 2 aromatic rings. The number of halogens is 2. The standard InChI is InChI=1S/C18H14BrFN2OS/c1-10-5-11(2)7-14(6-10)22-17(23)16(21-18(22)24)9-12-8-13(19)3-4-15(12)20/h3-9H,1-2H3,(H,21,24)/b16-9+. The van der Waals surface area contributed by atoms with Crippen molar-refractivity contribution in [2.75, 3.05) is 4.90 Å². The van der Waals surface area contributed by atoms with Gasteiger partial charge < -0.3 is 5.32 Å². The molecule has 0 unspecified atom stereocenters. The predicted molar refractivity (Wildman–Crippen MR) is 101 cm³/mol. The van der Waals surface area contributed by atoms with Gasteiger partial charge in [-0.15, -0.1) is 0 Å². The summed E-state index contributed by atoms with van der Waals surface area (Å²) in [5, 5.41) is 3.16. The zero-order valence-corrected chi connectivity index (χ0v) is 15.5. The summed E-state index contributed by atoms with van der Waals surface area (Å²) < 4.78 is 14.7. The number of nitrogens with one attached hydrogen (secondary N) is 1. The number of aryl methyl sites for hydroxylation is 2. The Bertz CT molecular complexity index is 874. The fourth-order valence-corrected chi connectivity index (χ4v) is 3.31. The lowest BCUT2D eigenvalue weighted by Crippen LogP contribution is -2.30. The van der Waals surface area contributed by atoms with Crippen LogP contribution in [0.4, 0.5) is 10.1 Å². The van der Waals surface area contributed by atoms with Gasteiger partial charge in [0.1, 0.15) is 11.5 Å². The van der Waals surface area contributed by atoms with Gasteiger partial charge in [0, 0.05) is 10.0 Å². The lowest BCUT2D eigenvalue weighted by atomic mass is 10.1. The van der Waals surface area contributed by atoms with Crippen molar-refractivity contribution >= 4 is 50.9 Å². The first-order valence-electron chi connectivity index (χ1n) is 7.25. The van der Waals surface area contributed by atoms with Crippen LogP contribution in [0.5, 0.6) is 0 Å². The quantitative estimate of drug-likeness (QED) is 0.591. The first-order chi connectivity index (χ1) is 11.3. The van der Waals surface area contributed by atoms with Gasteiger partial charge in [-0.2, -0.15) is 0 Å². The van der Waals surface area contributed by atoms with Gasteiger partial charge in [0.05, 0.1) is 5.69 Å². The Morgan fingerprint density at radius 3 is 2.50 bits per heavy atom. The fourth-order valence-electron chi connectivity index (χ4n) is 2.63. The van der Waals surface area contributed by atoms with E-state index in [-0.39, 0.29) is 16.7 Å². The Balaban J connectivity index is 2.00. The van der Waals surface area contributed by atoms with Gasteiger partial charge in [-0.1, -0.05) is 22.0 Å². The van der Waals surface area contributed by atoms with Crippen LogP contribution < -0.4 is 10.2 Å². The van der Waals surface area contributed by atoms with Crippen molar-refractivity contribution < 1.29 is 9.18 Å². The number of nitrogens with zero attached hydrogens (tertiary/aromatic N) is 1. The van der Waals surface area contributed by atoms with Gasteiger partial charge in [0.25, 0.3) is 5.91 Å². The number of hydrogen-bond donors (Lipinski definition) is 1. The molecular weight excluding hydrogens is 391 g/mol. The van der Waals surface area contributed by atoms with Crippen LogP contribution in [0.1, 0.15) is 16.7 Å². The van der Waals surface area contributed by atoms with Crippen LogP contribution in [0.3, 0.4) is 0 Å². The maximum atomic E-state index is 13.9. The number of carbonyl (C=O) groups excluding carboxylic acids is 1. The first kappa shape index (κ1) is 16.8. The van der Waals surface area contributed by atoms with Crippen LogP contribution in [-0.2, 0) is 4.79 Å². The lowest BCUT2D eigenvalue weighted by molar-refractivity contribution is -0.113. The van der Waals surface area contributed by atoms with Gasteiger partial charge in [-0.05, 0) is 73.6 Å². The molecule has 1 aliphatic heterocycles. The summed E-state index contributed by atoms with van der Waals surface area (Å²) in [5.74, 6) is -0.708. The number of hydrogen-bond acceptors (Lipinski definition) is 2. The Morgan fingerprint density at radius 2 is 1.83 bits per heavy atom. The van der Waals surface area contributed by atoms with Gasteiger partial charge in [-0.3, -0.25) is 9.69 Å². The van der Waals surface area contributed by atoms with Crippen molar-refractivity contribution in [3.8, 4) is 0 Å². The Kier molecular flexibility index (Phi) is 4.51. The SMILES string of the molecule is Cc1cc(C)cc(N2C(=O)/C(=C\c3cc(Br)ccc3F)NC2=S)c1. The minimum atomic E-state index is -0.406. The van der Waals surface area contributed by atoms with E-state index < -0.39 is 5.82 Å². The molecule has 1 fully saturated rings. The number of carbonyl (C=O) groups is 1. The second-order valence-electron chi connectivity index (χ2n) is 5.64. The second-order valence-corrected chi connectivity index (χ2v) is 6.94. The molecule has 1 saturated heterocycles. The first-order valence-corrected chi connectivity index (χ1v) is 8.46. The summed E-state index contributed by atoms with van der Waals surface area (Å²) in [6.07, 6.45) is 1.47. The predicted octanol–water partition coefficient (Wildman–Crippen LogP) is 4.47. The Morgan fingerprint density at radius 1 is 1.17 bits per heavy atom. The minimum absolute atomic E-state index is 0.246. The Labute approximate surface area is 153 Å². The highest BCUT2D eigenvalue weighted by molar-refractivity contribution is 9.10. The molecular formula is C18H14BrFN2OS. The maximum Gasteiger partial charge on any atom is 0.281 e. The molecule has 0 atom stereocenters. The topological polar surface area (TPSA) is 32.3 Å². The van der Waals surface area contributed by atoms with E-state index >= 15 is 0 Å². The van der Waals surface area contributed by atoms with E-state index in [0.717, 1.165) is 15.6 Å². The lowest BCUT2D eigenvalue weighted by Gasteiger charge is -2.15. The molecule has 0 radical (unpaired) electrons. The molecule has 1 heterocycles. The molecule has 6 heteroatoms. The van der Waals surface area contributed by atoms with Gasteiger partial charge >= 0.3 is 0 Å². The number of anilines is 1. The van der Waals surface area contributed by atoms with Crippen molar-refractivity contribution in [3.05, 3.63) is 69.1 Å². The molecule has 1 aliphatic rings. The van der Waals surface area contributed by atoms with Crippen molar-refractivity contribution in [1.82, 2.24) is 5.32 Å². The average Bonchev–Trinajstić information content (AvgIpc) is 2.76. The molecule has 0 aromatic heterocycles. The van der Waals surface area contributed by atoms with Crippen molar-refractivity contribution in [2.45, 2.75) is 13.8 Å². The molecule has 0 bridgehead atoms. The second kappa shape index (κ2) is 6.45. The van der Waals surface area contributed by atoms with Crippen LogP contribution in [0.15, 0.2) is 46.6 Å². The summed E-state index contributed by atoms with van der Waals surface area (Å²) in [4.78, 5) is 14.1. The van der Waals surface area contributed by atoms with Crippen molar-refractivity contribution in [1.29, 1.82) is 0 Å². The van der Waals surface area contributed by atoms with E-state index in [1.54, 1.807) is 12.1 Å². The van der Waals surface area contributed by atoms with Gasteiger partial charge in [0.15, 0.2) is 5.11 Å². The van der Waals surface area contributed by atoms with Crippen LogP contribution in [0, 0.1) is 19.7 Å². The van der Waals surface area contributed by atoms with E-state index in [0.29, 0.717) is 11.3 Å². The fraction of sp³-hybridized carbons (Fsp3) is 0.111. The minimum Gasteiger partial charge on any atom is -0.327 e. The molecule has 2 aromatic carbocycles. The van der Waals surface area contributed by atoms with Crippen molar-refractivity contribution in [2.24, 2.45) is 0 Å². The van der Waals surface area contributed by atoms with Gasteiger partial charge in [0.2, 0.25) is 0 Å². The summed E-state index contributed by atoms with van der Waals surface area (Å²) in [6, 6.07) is 10.4. The Hall–Kier alpha value is -2.05. The molecule has 0 spiro atoms. The molecule has 0 saturated carbocycles. The summed E-state index contributed by atoms with van der Waals surface area (Å²) in [6.45, 7) is 3.92. The molecule has 1 N–H and O–H groups in total. The number of benzene rings is 2. The number of rotatable bonds is 2. The molecule has 0 aliphatic carbocycles. The zero-order valence-electron chi connectivity index (χ0n) is 13.1. The van der Waals surface area contributed by atoms with Crippen LogP contribution in [0.2, 0.25) is 0 Å². The van der Waals surface area contributed by atoms with Crippen LogP contribution >= 0.6 is 28.1 Å². The third-order valence-corrected chi connectivity index (χ3v) is 4.38. The van der Waals surface area contributed by atoms with E-state index in [4.69, 9.17) is 12.2 Å². The zero-order chi connectivity index (χ0) is 17.4. The average molecular weight is 405 g/mol. The summed E-state index contributed by atoms with van der Waals surface area (Å²) >= 11 is 8.59. The van der Waals surface area contributed by atoms with Crippen molar-refractivity contribution in [3.63, 3.8) is 0 Å². The molecule has 3 rings (SSSR count). The summed E-state index contributed by atoms with van der Waals surface area (Å²) in [5.41, 5.74) is 3.33. The van der Waals surface area contributed by atoms with E-state index in [1.807, 2.05) is 32.0 Å². The normalized spacial score (nSPS) is 16.0. The van der Waals surface area contributed by atoms with Gasteiger partial charge in [-0.25, -0.2) is 4.39 Å².